The van der Waals surface area contributed by atoms with Crippen LogP contribution in [0.2, 0.25) is 0 Å². The lowest BCUT2D eigenvalue weighted by Gasteiger charge is -2.20. The number of hydrogen-bond acceptors (Lipinski definition) is 5. The molecule has 128 valence electrons. The van der Waals surface area contributed by atoms with Gasteiger partial charge in [0.25, 0.3) is 0 Å². The Morgan fingerprint density at radius 1 is 1.04 bits per heavy atom. The molecule has 0 unspecified atom stereocenters. The van der Waals surface area contributed by atoms with Crippen molar-refractivity contribution in [2.24, 2.45) is 12.0 Å². The second-order valence-corrected chi connectivity index (χ2v) is 6.92. The third kappa shape index (κ3) is 2.53. The number of anilines is 2. The molecule has 26 heavy (non-hydrogen) atoms. The Balaban J connectivity index is 1.46. The number of nitrogens with one attached hydrogen (secondary N) is 2. The zero-order chi connectivity index (χ0) is 17.5. The lowest BCUT2D eigenvalue weighted by Crippen LogP contribution is -2.27. The molecule has 2 aromatic carbocycles. The van der Waals surface area contributed by atoms with Crippen LogP contribution in [0.1, 0.15) is 0 Å². The first kappa shape index (κ1) is 15.1. The molecule has 0 radical (unpaired) electrons. The molecule has 5 rings (SSSR count). The fourth-order valence-electron chi connectivity index (χ4n) is 3.10. The number of aryl methyl sites for hydroxylation is 1. The predicted molar refractivity (Wildman–Crippen MR) is 107 cm³/mol. The quantitative estimate of drug-likeness (QED) is 0.560. The number of thiazole rings is 1. The summed E-state index contributed by atoms with van der Waals surface area (Å²) in [6.45, 7) is 0.651. The van der Waals surface area contributed by atoms with Crippen LogP contribution in [0, 0.1) is 0 Å². The Labute approximate surface area is 154 Å². The molecule has 0 saturated carbocycles. The molecule has 0 bridgehead atoms. The maximum absolute atomic E-state index is 4.70. The summed E-state index contributed by atoms with van der Waals surface area (Å²) in [4.78, 5) is 14.0. The molecule has 0 aliphatic carbocycles. The zero-order valence-corrected chi connectivity index (χ0v) is 14.9. The average molecular weight is 360 g/mol. The van der Waals surface area contributed by atoms with E-state index in [1.165, 1.54) is 11.3 Å². The monoisotopic (exact) mass is 360 g/mol. The summed E-state index contributed by atoms with van der Waals surface area (Å²) in [5.41, 5.74) is 5.03. The van der Waals surface area contributed by atoms with Crippen LogP contribution in [0.15, 0.2) is 58.9 Å². The van der Waals surface area contributed by atoms with Crippen molar-refractivity contribution in [1.29, 1.82) is 0 Å². The molecule has 7 heteroatoms. The largest absolute Gasteiger partial charge is 0.376 e. The second kappa shape index (κ2) is 5.96. The molecule has 0 saturated heterocycles. The Hall–Kier alpha value is -3.19. The smallest absolute Gasteiger partial charge is 0.211 e. The molecule has 3 heterocycles. The standard InChI is InChI=1S/C19H16N6S/c1-25-16-9-5-4-8-14(16)22-18(25)15-11-26-19(23-15)24-17-10-20-12-6-2-3-7-13(12)21-17/h2-9,11,20H,10H2,1H3,(H,21,23,24). The molecule has 1 aliphatic rings. The van der Waals surface area contributed by atoms with E-state index in [2.05, 4.69) is 31.2 Å². The number of nitrogens with zero attached hydrogens (tertiary/aromatic N) is 4. The summed E-state index contributed by atoms with van der Waals surface area (Å²) < 4.78 is 2.07. The number of para-hydroxylation sites is 4. The van der Waals surface area contributed by atoms with E-state index < -0.39 is 0 Å². The minimum Gasteiger partial charge on any atom is -0.376 e. The van der Waals surface area contributed by atoms with E-state index >= 15 is 0 Å². The van der Waals surface area contributed by atoms with Crippen molar-refractivity contribution in [2.45, 2.75) is 0 Å². The van der Waals surface area contributed by atoms with Crippen LogP contribution in [-0.2, 0) is 7.05 Å². The molecule has 2 N–H and O–H groups in total. The fourth-order valence-corrected chi connectivity index (χ4v) is 3.79. The first-order chi connectivity index (χ1) is 12.8. The van der Waals surface area contributed by atoms with Crippen molar-refractivity contribution in [3.8, 4) is 11.5 Å². The van der Waals surface area contributed by atoms with Crippen molar-refractivity contribution in [1.82, 2.24) is 14.5 Å². The highest BCUT2D eigenvalue weighted by atomic mass is 32.1. The van der Waals surface area contributed by atoms with E-state index in [9.17, 15) is 0 Å². The van der Waals surface area contributed by atoms with Crippen LogP contribution in [0.5, 0.6) is 0 Å². The minimum atomic E-state index is 0.651. The fraction of sp³-hybridized carbons (Fsp3) is 0.105. The van der Waals surface area contributed by atoms with Gasteiger partial charge in [-0.1, -0.05) is 24.3 Å². The van der Waals surface area contributed by atoms with Gasteiger partial charge in [0.1, 0.15) is 11.5 Å². The number of aromatic nitrogens is 3. The minimum absolute atomic E-state index is 0.651. The third-order valence-electron chi connectivity index (χ3n) is 4.39. The molecule has 0 atom stereocenters. The van der Waals surface area contributed by atoms with Crippen molar-refractivity contribution < 1.29 is 0 Å². The number of imidazole rings is 1. The number of rotatable bonds is 2. The summed E-state index contributed by atoms with van der Waals surface area (Å²) in [6, 6.07) is 16.2. The zero-order valence-electron chi connectivity index (χ0n) is 14.1. The highest BCUT2D eigenvalue weighted by molar-refractivity contribution is 7.13. The van der Waals surface area contributed by atoms with E-state index in [0.717, 1.165) is 44.9 Å². The van der Waals surface area contributed by atoms with Gasteiger partial charge in [-0.3, -0.25) is 0 Å². The van der Waals surface area contributed by atoms with Crippen LogP contribution in [0.4, 0.5) is 16.5 Å². The van der Waals surface area contributed by atoms with Gasteiger partial charge in [-0.05, 0) is 24.3 Å². The summed E-state index contributed by atoms with van der Waals surface area (Å²) >= 11 is 1.52. The Morgan fingerprint density at radius 3 is 2.73 bits per heavy atom. The lowest BCUT2D eigenvalue weighted by atomic mass is 10.2. The normalized spacial score (nSPS) is 14.9. The Morgan fingerprint density at radius 2 is 1.85 bits per heavy atom. The highest BCUT2D eigenvalue weighted by Crippen LogP contribution is 2.29. The Kier molecular flexibility index (Phi) is 3.46. The molecular formula is C19H16N6S. The molecule has 0 fully saturated rings. The first-order valence-electron chi connectivity index (χ1n) is 8.33. The molecule has 6 nitrogen and oxygen atoms in total. The molecular weight excluding hydrogens is 344 g/mol. The predicted octanol–water partition coefficient (Wildman–Crippen LogP) is 4.26. The summed E-state index contributed by atoms with van der Waals surface area (Å²) in [7, 11) is 2.01. The molecule has 2 aromatic heterocycles. The van der Waals surface area contributed by atoms with Gasteiger partial charge in [0.05, 0.1) is 29.0 Å². The van der Waals surface area contributed by atoms with Gasteiger partial charge in [0.2, 0.25) is 5.13 Å². The van der Waals surface area contributed by atoms with Gasteiger partial charge in [-0.2, -0.15) is 0 Å². The molecule has 4 aromatic rings. The lowest BCUT2D eigenvalue weighted by molar-refractivity contribution is 0.953. The van der Waals surface area contributed by atoms with Gasteiger partial charge in [0, 0.05) is 12.4 Å². The van der Waals surface area contributed by atoms with Crippen molar-refractivity contribution in [3.63, 3.8) is 0 Å². The first-order valence-corrected chi connectivity index (χ1v) is 9.21. The van der Waals surface area contributed by atoms with Gasteiger partial charge in [0.15, 0.2) is 5.82 Å². The second-order valence-electron chi connectivity index (χ2n) is 6.08. The number of hydrogen-bond donors (Lipinski definition) is 2. The van der Waals surface area contributed by atoms with Crippen LogP contribution in [0.25, 0.3) is 22.6 Å². The van der Waals surface area contributed by atoms with Crippen LogP contribution in [-0.4, -0.2) is 26.9 Å². The number of amidine groups is 1. The SMILES string of the molecule is Cn1c(-c2csc(/N=C3\CNc4ccccc4N3)n2)nc2ccccc21. The van der Waals surface area contributed by atoms with Crippen LogP contribution >= 0.6 is 11.3 Å². The summed E-state index contributed by atoms with van der Waals surface area (Å²) in [5.74, 6) is 1.71. The highest BCUT2D eigenvalue weighted by Gasteiger charge is 2.15. The maximum atomic E-state index is 4.70. The van der Waals surface area contributed by atoms with E-state index in [1.807, 2.05) is 54.9 Å². The maximum Gasteiger partial charge on any atom is 0.211 e. The molecule has 0 spiro atoms. The van der Waals surface area contributed by atoms with Crippen molar-refractivity contribution in [2.75, 3.05) is 17.2 Å². The van der Waals surface area contributed by atoms with E-state index in [0.29, 0.717) is 6.54 Å². The van der Waals surface area contributed by atoms with Gasteiger partial charge in [-0.25, -0.2) is 15.0 Å². The van der Waals surface area contributed by atoms with Gasteiger partial charge >= 0.3 is 0 Å². The number of fused-ring (bicyclic) bond motifs is 2. The number of aliphatic imine (C=N–C) groups is 1. The van der Waals surface area contributed by atoms with E-state index in [-0.39, 0.29) is 0 Å². The summed E-state index contributed by atoms with van der Waals surface area (Å²) in [6.07, 6.45) is 0. The topological polar surface area (TPSA) is 67.1 Å². The third-order valence-corrected chi connectivity index (χ3v) is 5.13. The van der Waals surface area contributed by atoms with Crippen molar-refractivity contribution in [3.05, 3.63) is 53.9 Å². The van der Waals surface area contributed by atoms with Gasteiger partial charge in [-0.15, -0.1) is 11.3 Å². The molecule has 0 amide bonds. The van der Waals surface area contributed by atoms with Crippen molar-refractivity contribution >= 4 is 44.7 Å². The number of benzene rings is 2. The average Bonchev–Trinajstić information content (AvgIpc) is 3.26. The molecule has 1 aliphatic heterocycles. The van der Waals surface area contributed by atoms with Gasteiger partial charge < -0.3 is 15.2 Å². The van der Waals surface area contributed by atoms with Crippen LogP contribution < -0.4 is 10.6 Å². The van der Waals surface area contributed by atoms with E-state index in [4.69, 9.17) is 4.98 Å². The van der Waals surface area contributed by atoms with Crippen LogP contribution in [0.3, 0.4) is 0 Å². The van der Waals surface area contributed by atoms with E-state index in [1.54, 1.807) is 0 Å². The Bertz CT molecular complexity index is 1140. The summed E-state index contributed by atoms with van der Waals surface area (Å²) in [5, 5.41) is 9.45.